The maximum Gasteiger partial charge on any atom is 0.222 e. The van der Waals surface area contributed by atoms with E-state index in [9.17, 15) is 4.79 Å². The number of carbonyl (C=O) groups excluding carboxylic acids is 1. The molecular formula is C16H21N3O. The molecule has 1 fully saturated rings. The van der Waals surface area contributed by atoms with E-state index in [4.69, 9.17) is 5.73 Å². The van der Waals surface area contributed by atoms with Crippen molar-refractivity contribution in [1.82, 2.24) is 9.88 Å². The zero-order chi connectivity index (χ0) is 13.9. The second-order valence-corrected chi connectivity index (χ2v) is 5.60. The number of H-pyrrole nitrogens is 1. The van der Waals surface area contributed by atoms with Gasteiger partial charge in [-0.15, -0.1) is 0 Å². The Bertz CT molecular complexity index is 605. The van der Waals surface area contributed by atoms with Gasteiger partial charge >= 0.3 is 0 Å². The summed E-state index contributed by atoms with van der Waals surface area (Å²) in [4.78, 5) is 17.2. The molecule has 106 valence electrons. The Kier molecular flexibility index (Phi) is 3.74. The van der Waals surface area contributed by atoms with Crippen molar-refractivity contribution >= 4 is 16.8 Å². The van der Waals surface area contributed by atoms with Crippen LogP contribution in [-0.4, -0.2) is 34.9 Å². The lowest BCUT2D eigenvalue weighted by Gasteiger charge is -2.15. The largest absolute Gasteiger partial charge is 0.361 e. The lowest BCUT2D eigenvalue weighted by molar-refractivity contribution is -0.130. The molecule has 2 aromatic rings. The molecule has 1 aromatic carbocycles. The molecule has 0 aliphatic carbocycles. The molecule has 1 aliphatic heterocycles. The average molecular weight is 271 g/mol. The van der Waals surface area contributed by atoms with Crippen LogP contribution < -0.4 is 5.73 Å². The fraction of sp³-hybridized carbons (Fsp3) is 0.438. The number of hydrogen-bond acceptors (Lipinski definition) is 2. The number of nitrogens with zero attached hydrogens (tertiary/aromatic N) is 1. The quantitative estimate of drug-likeness (QED) is 0.894. The molecule has 4 nitrogen and oxygen atoms in total. The molecule has 0 saturated carbocycles. The number of rotatable bonds is 4. The number of benzene rings is 1. The van der Waals surface area contributed by atoms with Crippen molar-refractivity contribution < 1.29 is 4.79 Å². The Hall–Kier alpha value is -1.81. The number of hydrogen-bond donors (Lipinski definition) is 2. The van der Waals surface area contributed by atoms with Gasteiger partial charge in [-0.05, 0) is 30.9 Å². The lowest BCUT2D eigenvalue weighted by Crippen LogP contribution is -2.31. The van der Waals surface area contributed by atoms with Crippen LogP contribution in [0.2, 0.25) is 0 Å². The topological polar surface area (TPSA) is 62.1 Å². The maximum atomic E-state index is 12.0. The molecular weight excluding hydrogens is 250 g/mol. The molecule has 1 aliphatic rings. The molecule has 1 atom stereocenters. The fourth-order valence-electron chi connectivity index (χ4n) is 2.94. The van der Waals surface area contributed by atoms with E-state index in [0.717, 1.165) is 32.4 Å². The number of aryl methyl sites for hydroxylation is 1. The fourth-order valence-corrected chi connectivity index (χ4v) is 2.94. The molecule has 0 bridgehead atoms. The minimum Gasteiger partial charge on any atom is -0.361 e. The Morgan fingerprint density at radius 2 is 2.25 bits per heavy atom. The molecule has 0 spiro atoms. The van der Waals surface area contributed by atoms with Gasteiger partial charge in [0, 0.05) is 42.7 Å². The summed E-state index contributed by atoms with van der Waals surface area (Å²) in [5.41, 5.74) is 8.30. The van der Waals surface area contributed by atoms with Crippen molar-refractivity contribution in [3.63, 3.8) is 0 Å². The highest BCUT2D eigenvalue weighted by molar-refractivity contribution is 5.83. The van der Waals surface area contributed by atoms with Gasteiger partial charge in [-0.2, -0.15) is 0 Å². The van der Waals surface area contributed by atoms with Crippen molar-refractivity contribution in [2.24, 2.45) is 5.73 Å². The molecule has 0 radical (unpaired) electrons. The Morgan fingerprint density at radius 1 is 1.40 bits per heavy atom. The van der Waals surface area contributed by atoms with Crippen molar-refractivity contribution in [3.05, 3.63) is 36.0 Å². The summed E-state index contributed by atoms with van der Waals surface area (Å²) in [7, 11) is 0. The molecule has 0 unspecified atom stereocenters. The highest BCUT2D eigenvalue weighted by Gasteiger charge is 2.22. The third kappa shape index (κ3) is 2.70. The molecule has 2 heterocycles. The van der Waals surface area contributed by atoms with Gasteiger partial charge in [-0.3, -0.25) is 4.79 Å². The van der Waals surface area contributed by atoms with E-state index in [2.05, 4.69) is 29.4 Å². The van der Waals surface area contributed by atoms with Gasteiger partial charge in [0.2, 0.25) is 5.91 Å². The summed E-state index contributed by atoms with van der Waals surface area (Å²) in [6.45, 7) is 1.55. The van der Waals surface area contributed by atoms with E-state index < -0.39 is 0 Å². The van der Waals surface area contributed by atoms with Crippen LogP contribution in [-0.2, 0) is 11.2 Å². The van der Waals surface area contributed by atoms with Gasteiger partial charge in [0.1, 0.15) is 0 Å². The summed E-state index contributed by atoms with van der Waals surface area (Å²) in [5.74, 6) is 0.248. The summed E-state index contributed by atoms with van der Waals surface area (Å²) in [6, 6.07) is 8.46. The first-order valence-electron chi connectivity index (χ1n) is 7.32. The van der Waals surface area contributed by atoms with Crippen LogP contribution in [0.15, 0.2) is 30.5 Å². The normalized spacial score (nSPS) is 18.9. The number of carbonyl (C=O) groups is 1. The van der Waals surface area contributed by atoms with Crippen LogP contribution >= 0.6 is 0 Å². The van der Waals surface area contributed by atoms with Gasteiger partial charge in [-0.1, -0.05) is 18.2 Å². The molecule has 4 heteroatoms. The summed E-state index contributed by atoms with van der Waals surface area (Å²) >= 11 is 0. The standard InChI is InChI=1S/C16H21N3O/c17-13-8-9-19(11-13)16(20)7-3-4-12-10-18-15-6-2-1-5-14(12)15/h1-2,5-6,10,13,18H,3-4,7-9,11,17H2/t13-/m0/s1. The van der Waals surface area contributed by atoms with Crippen LogP contribution in [0.3, 0.4) is 0 Å². The van der Waals surface area contributed by atoms with E-state index in [1.807, 2.05) is 11.0 Å². The van der Waals surface area contributed by atoms with Gasteiger partial charge in [-0.25, -0.2) is 0 Å². The minimum atomic E-state index is 0.174. The minimum absolute atomic E-state index is 0.174. The van der Waals surface area contributed by atoms with Crippen molar-refractivity contribution in [3.8, 4) is 0 Å². The molecule has 3 N–H and O–H groups in total. The molecule has 20 heavy (non-hydrogen) atoms. The number of aromatic nitrogens is 1. The molecule has 1 amide bonds. The first-order valence-corrected chi connectivity index (χ1v) is 7.32. The van der Waals surface area contributed by atoms with Crippen molar-refractivity contribution in [2.75, 3.05) is 13.1 Å². The lowest BCUT2D eigenvalue weighted by atomic mass is 10.1. The second kappa shape index (κ2) is 5.67. The molecule has 3 rings (SSSR count). The highest BCUT2D eigenvalue weighted by atomic mass is 16.2. The van der Waals surface area contributed by atoms with Crippen LogP contribution in [0.25, 0.3) is 10.9 Å². The van der Waals surface area contributed by atoms with Gasteiger partial charge < -0.3 is 15.6 Å². The number of amides is 1. The van der Waals surface area contributed by atoms with E-state index in [0.29, 0.717) is 6.42 Å². The zero-order valence-corrected chi connectivity index (χ0v) is 11.6. The van der Waals surface area contributed by atoms with Crippen LogP contribution in [0.4, 0.5) is 0 Å². The highest BCUT2D eigenvalue weighted by Crippen LogP contribution is 2.20. The van der Waals surface area contributed by atoms with Gasteiger partial charge in [0.25, 0.3) is 0 Å². The molecule has 1 saturated heterocycles. The number of nitrogens with two attached hydrogens (primary N) is 1. The van der Waals surface area contributed by atoms with Crippen molar-refractivity contribution in [1.29, 1.82) is 0 Å². The van der Waals surface area contributed by atoms with Crippen LogP contribution in [0, 0.1) is 0 Å². The molecule has 1 aromatic heterocycles. The Balaban J connectivity index is 1.54. The zero-order valence-electron chi connectivity index (χ0n) is 11.6. The first kappa shape index (κ1) is 13.2. The third-order valence-electron chi connectivity index (χ3n) is 4.09. The second-order valence-electron chi connectivity index (χ2n) is 5.60. The van der Waals surface area contributed by atoms with E-state index in [1.165, 1.54) is 16.5 Å². The Labute approximate surface area is 118 Å². The number of nitrogens with one attached hydrogen (secondary N) is 1. The number of fused-ring (bicyclic) bond motifs is 1. The van der Waals surface area contributed by atoms with Gasteiger partial charge in [0.15, 0.2) is 0 Å². The predicted molar refractivity (Wildman–Crippen MR) is 80.4 cm³/mol. The van der Waals surface area contributed by atoms with Gasteiger partial charge in [0.05, 0.1) is 0 Å². The average Bonchev–Trinajstić information content (AvgIpc) is 3.06. The predicted octanol–water partition coefficient (Wildman–Crippen LogP) is 2.05. The number of aromatic amines is 1. The van der Waals surface area contributed by atoms with Crippen molar-refractivity contribution in [2.45, 2.75) is 31.7 Å². The van der Waals surface area contributed by atoms with E-state index in [1.54, 1.807) is 0 Å². The van der Waals surface area contributed by atoms with Crippen LogP contribution in [0.5, 0.6) is 0 Å². The Morgan fingerprint density at radius 3 is 3.05 bits per heavy atom. The number of para-hydroxylation sites is 1. The summed E-state index contributed by atoms with van der Waals surface area (Å²) < 4.78 is 0. The summed E-state index contributed by atoms with van der Waals surface area (Å²) in [5, 5.41) is 1.27. The van der Waals surface area contributed by atoms with E-state index in [-0.39, 0.29) is 11.9 Å². The number of likely N-dealkylation sites (tertiary alicyclic amines) is 1. The first-order chi connectivity index (χ1) is 9.74. The monoisotopic (exact) mass is 271 g/mol. The maximum absolute atomic E-state index is 12.0. The smallest absolute Gasteiger partial charge is 0.222 e. The third-order valence-corrected chi connectivity index (χ3v) is 4.09. The van der Waals surface area contributed by atoms with Crippen LogP contribution in [0.1, 0.15) is 24.8 Å². The van der Waals surface area contributed by atoms with E-state index >= 15 is 0 Å². The SMILES string of the molecule is N[C@H]1CCN(C(=O)CCCc2c[nH]c3ccccc23)C1. The summed E-state index contributed by atoms with van der Waals surface area (Å²) in [6.07, 6.45) is 5.45.